The molecule has 174 valence electrons. The molecule has 1 saturated heterocycles. The third-order valence-electron chi connectivity index (χ3n) is 6.96. The van der Waals surface area contributed by atoms with Gasteiger partial charge in [-0.15, -0.1) is 0 Å². The standard InChI is InChI=1S/C25H33NO5S/c1-18-9-11-21(12-10-18)32(27,28)26-14-23-19(2)24(30-16-20-7-5-4-6-8-20)13-22(23)25(15-26)31-17-29-3/h4-12,19,22-25H,13-17H2,1-3H3/t19-,22-,23-,24-,25+/m0/s1. The molecule has 2 aliphatic rings. The molecule has 1 heterocycles. The van der Waals surface area contributed by atoms with Crippen LogP contribution in [-0.4, -0.2) is 51.9 Å². The maximum atomic E-state index is 13.4. The quantitative estimate of drug-likeness (QED) is 0.561. The molecule has 32 heavy (non-hydrogen) atoms. The average molecular weight is 460 g/mol. The molecular weight excluding hydrogens is 426 g/mol. The minimum absolute atomic E-state index is 0.0703. The molecule has 0 bridgehead atoms. The Hall–Kier alpha value is -1.77. The lowest BCUT2D eigenvalue weighted by atomic mass is 9.83. The highest BCUT2D eigenvalue weighted by Gasteiger charge is 2.51. The Labute approximate surface area is 191 Å². The number of hydrogen-bond acceptors (Lipinski definition) is 5. The molecule has 0 amide bonds. The Kier molecular flexibility index (Phi) is 7.32. The molecule has 4 rings (SSSR count). The molecule has 0 radical (unpaired) electrons. The molecule has 2 fully saturated rings. The van der Waals surface area contributed by atoms with Gasteiger partial charge in [0.25, 0.3) is 0 Å². The summed E-state index contributed by atoms with van der Waals surface area (Å²) >= 11 is 0. The van der Waals surface area contributed by atoms with Crippen molar-refractivity contribution in [2.24, 2.45) is 17.8 Å². The van der Waals surface area contributed by atoms with Gasteiger partial charge in [0.15, 0.2) is 0 Å². The first-order valence-corrected chi connectivity index (χ1v) is 12.7. The van der Waals surface area contributed by atoms with Crippen molar-refractivity contribution >= 4 is 10.0 Å². The minimum atomic E-state index is -3.60. The molecule has 0 unspecified atom stereocenters. The Bertz CT molecular complexity index is 979. The van der Waals surface area contributed by atoms with Gasteiger partial charge in [0.1, 0.15) is 6.79 Å². The number of ether oxygens (including phenoxy) is 3. The molecule has 6 nitrogen and oxygen atoms in total. The van der Waals surface area contributed by atoms with E-state index in [9.17, 15) is 8.42 Å². The van der Waals surface area contributed by atoms with E-state index in [0.29, 0.717) is 24.6 Å². The van der Waals surface area contributed by atoms with Crippen LogP contribution in [0.4, 0.5) is 0 Å². The first-order valence-electron chi connectivity index (χ1n) is 11.2. The van der Waals surface area contributed by atoms with Gasteiger partial charge in [-0.05, 0) is 48.8 Å². The fourth-order valence-corrected chi connectivity index (χ4v) is 6.57. The molecule has 1 saturated carbocycles. The summed E-state index contributed by atoms with van der Waals surface area (Å²) in [5.41, 5.74) is 2.18. The van der Waals surface area contributed by atoms with Gasteiger partial charge in [0.2, 0.25) is 10.0 Å². The van der Waals surface area contributed by atoms with Crippen molar-refractivity contribution in [3.63, 3.8) is 0 Å². The lowest BCUT2D eigenvalue weighted by Crippen LogP contribution is -2.51. The first kappa shape index (κ1) is 23.4. The van der Waals surface area contributed by atoms with E-state index in [-0.39, 0.29) is 36.8 Å². The number of rotatable bonds is 8. The normalized spacial score (nSPS) is 28.5. The van der Waals surface area contributed by atoms with Gasteiger partial charge in [0, 0.05) is 20.2 Å². The van der Waals surface area contributed by atoms with Crippen LogP contribution >= 0.6 is 0 Å². The number of piperidine rings is 1. The molecule has 1 aliphatic carbocycles. The number of sulfonamides is 1. The van der Waals surface area contributed by atoms with Crippen LogP contribution < -0.4 is 0 Å². The summed E-state index contributed by atoms with van der Waals surface area (Å²) < 4.78 is 45.9. The zero-order chi connectivity index (χ0) is 22.7. The maximum Gasteiger partial charge on any atom is 0.243 e. The predicted octanol–water partition coefficient (Wildman–Crippen LogP) is 3.85. The topological polar surface area (TPSA) is 65.1 Å². The van der Waals surface area contributed by atoms with Crippen molar-refractivity contribution in [1.82, 2.24) is 4.31 Å². The van der Waals surface area contributed by atoms with Crippen LogP contribution in [0.1, 0.15) is 24.5 Å². The third-order valence-corrected chi connectivity index (χ3v) is 8.80. The van der Waals surface area contributed by atoms with Gasteiger partial charge < -0.3 is 14.2 Å². The molecule has 0 aromatic heterocycles. The Morgan fingerprint density at radius 2 is 1.66 bits per heavy atom. The van der Waals surface area contributed by atoms with Crippen molar-refractivity contribution in [2.75, 3.05) is 27.0 Å². The van der Waals surface area contributed by atoms with Crippen molar-refractivity contribution in [3.05, 3.63) is 65.7 Å². The van der Waals surface area contributed by atoms with Gasteiger partial charge in [-0.3, -0.25) is 0 Å². The fourth-order valence-electron chi connectivity index (χ4n) is 5.08. The summed E-state index contributed by atoms with van der Waals surface area (Å²) in [5.74, 6) is 0.644. The Balaban J connectivity index is 1.52. The maximum absolute atomic E-state index is 13.4. The highest BCUT2D eigenvalue weighted by Crippen LogP contribution is 2.45. The number of hydrogen-bond donors (Lipinski definition) is 0. The zero-order valence-corrected chi connectivity index (χ0v) is 19.8. The molecule has 0 N–H and O–H groups in total. The number of methoxy groups -OCH3 is 1. The van der Waals surface area contributed by atoms with Crippen LogP contribution in [0, 0.1) is 24.7 Å². The summed E-state index contributed by atoms with van der Waals surface area (Å²) in [5, 5.41) is 0. The van der Waals surface area contributed by atoms with Crippen LogP contribution in [0.3, 0.4) is 0 Å². The molecule has 1 aliphatic heterocycles. The van der Waals surface area contributed by atoms with E-state index in [2.05, 4.69) is 19.1 Å². The number of benzene rings is 2. The van der Waals surface area contributed by atoms with Gasteiger partial charge in [-0.2, -0.15) is 4.31 Å². The number of fused-ring (bicyclic) bond motifs is 1. The van der Waals surface area contributed by atoms with Crippen LogP contribution in [0.15, 0.2) is 59.5 Å². The smallest absolute Gasteiger partial charge is 0.243 e. The van der Waals surface area contributed by atoms with E-state index < -0.39 is 10.0 Å². The second-order valence-electron chi connectivity index (χ2n) is 9.00. The van der Waals surface area contributed by atoms with Crippen molar-refractivity contribution in [2.45, 2.75) is 44.0 Å². The lowest BCUT2D eigenvalue weighted by molar-refractivity contribution is -0.114. The van der Waals surface area contributed by atoms with Gasteiger partial charge >= 0.3 is 0 Å². The van der Waals surface area contributed by atoms with E-state index >= 15 is 0 Å². The highest BCUT2D eigenvalue weighted by molar-refractivity contribution is 7.89. The summed E-state index contributed by atoms with van der Waals surface area (Å²) in [7, 11) is -2.01. The summed E-state index contributed by atoms with van der Waals surface area (Å²) in [6.45, 7) is 5.65. The predicted molar refractivity (Wildman–Crippen MR) is 122 cm³/mol. The molecular formula is C25H33NO5S. The van der Waals surface area contributed by atoms with Crippen LogP contribution in [-0.2, 0) is 30.8 Å². The molecule has 5 atom stereocenters. The van der Waals surface area contributed by atoms with Crippen molar-refractivity contribution in [3.8, 4) is 0 Å². The second kappa shape index (κ2) is 10.0. The van der Waals surface area contributed by atoms with Crippen molar-refractivity contribution < 1.29 is 22.6 Å². The van der Waals surface area contributed by atoms with E-state index in [4.69, 9.17) is 14.2 Å². The Morgan fingerprint density at radius 1 is 0.938 bits per heavy atom. The van der Waals surface area contributed by atoms with E-state index in [1.807, 2.05) is 37.3 Å². The lowest BCUT2D eigenvalue weighted by Gasteiger charge is -2.40. The number of aryl methyl sites for hydroxylation is 1. The van der Waals surface area contributed by atoms with E-state index in [0.717, 1.165) is 17.5 Å². The van der Waals surface area contributed by atoms with E-state index in [1.165, 1.54) is 0 Å². The first-order chi connectivity index (χ1) is 15.4. The summed E-state index contributed by atoms with van der Waals surface area (Å²) in [6, 6.07) is 17.2. The molecule has 2 aromatic rings. The zero-order valence-electron chi connectivity index (χ0n) is 19.0. The fraction of sp³-hybridized carbons (Fsp3) is 0.520. The highest BCUT2D eigenvalue weighted by atomic mass is 32.2. The number of nitrogens with zero attached hydrogens (tertiary/aromatic N) is 1. The van der Waals surface area contributed by atoms with Crippen LogP contribution in [0.25, 0.3) is 0 Å². The largest absolute Gasteiger partial charge is 0.373 e. The van der Waals surface area contributed by atoms with Crippen LogP contribution in [0.2, 0.25) is 0 Å². The van der Waals surface area contributed by atoms with Gasteiger partial charge in [-0.25, -0.2) is 8.42 Å². The van der Waals surface area contributed by atoms with Crippen LogP contribution in [0.5, 0.6) is 0 Å². The molecule has 2 aromatic carbocycles. The van der Waals surface area contributed by atoms with E-state index in [1.54, 1.807) is 23.5 Å². The minimum Gasteiger partial charge on any atom is -0.373 e. The monoisotopic (exact) mass is 459 g/mol. The second-order valence-corrected chi connectivity index (χ2v) is 10.9. The Morgan fingerprint density at radius 3 is 2.34 bits per heavy atom. The third kappa shape index (κ3) is 4.92. The van der Waals surface area contributed by atoms with Gasteiger partial charge in [-0.1, -0.05) is 55.0 Å². The average Bonchev–Trinajstić information content (AvgIpc) is 3.12. The van der Waals surface area contributed by atoms with Gasteiger partial charge in [0.05, 0.1) is 23.7 Å². The van der Waals surface area contributed by atoms with Crippen molar-refractivity contribution in [1.29, 1.82) is 0 Å². The summed E-state index contributed by atoms with van der Waals surface area (Å²) in [4.78, 5) is 0.328. The summed E-state index contributed by atoms with van der Waals surface area (Å²) in [6.07, 6.45) is 0.716. The SMILES string of the molecule is COCO[C@@H]1CN(S(=O)(=O)c2ccc(C)cc2)C[C@H]2[C@H](C)[C@@H](OCc3ccccc3)C[C@@H]21. The molecule has 0 spiro atoms. The molecule has 7 heteroatoms.